The smallest absolute Gasteiger partial charge is 0.407 e. The number of rotatable bonds is 19. The van der Waals surface area contributed by atoms with Crippen molar-refractivity contribution in [1.82, 2.24) is 30.4 Å². The van der Waals surface area contributed by atoms with Crippen LogP contribution in [0.1, 0.15) is 34.7 Å². The molecule has 0 aliphatic heterocycles. The largest absolute Gasteiger partial charge is 0.444 e. The molecule has 0 bridgehead atoms. The fourth-order valence-corrected chi connectivity index (χ4v) is 6.11. The lowest BCUT2D eigenvalue weighted by Crippen LogP contribution is -2.49. The molecule has 10 nitrogen and oxygen atoms in total. The van der Waals surface area contributed by atoms with Gasteiger partial charge in [0.05, 0.1) is 20.8 Å². The van der Waals surface area contributed by atoms with Crippen LogP contribution >= 0.6 is 22.7 Å². The van der Waals surface area contributed by atoms with Crippen molar-refractivity contribution in [3.8, 4) is 0 Å². The van der Waals surface area contributed by atoms with E-state index in [-0.39, 0.29) is 25.3 Å². The number of ether oxygens (including phenoxy) is 2. The molecule has 4 rings (SSSR count). The quantitative estimate of drug-likeness (QED) is 0.133. The lowest BCUT2D eigenvalue weighted by Gasteiger charge is -2.31. The molecular weight excluding hydrogens is 621 g/mol. The first-order valence-corrected chi connectivity index (χ1v) is 17.4. The average Bonchev–Trinajstić information content (AvgIpc) is 3.80. The molecule has 2 aromatic heterocycles. The van der Waals surface area contributed by atoms with Gasteiger partial charge in [0.1, 0.15) is 13.2 Å². The van der Waals surface area contributed by atoms with Gasteiger partial charge >= 0.3 is 12.2 Å². The van der Waals surface area contributed by atoms with Crippen LogP contribution in [0.5, 0.6) is 0 Å². The second-order valence-electron chi connectivity index (χ2n) is 10.9. The molecule has 0 aliphatic carbocycles. The van der Waals surface area contributed by atoms with Crippen LogP contribution in [0.25, 0.3) is 0 Å². The second kappa shape index (κ2) is 19.6. The number of alkyl carbamates (subject to hydrolysis) is 2. The van der Waals surface area contributed by atoms with E-state index in [0.717, 1.165) is 47.1 Å². The van der Waals surface area contributed by atoms with Gasteiger partial charge in [-0.05, 0) is 37.1 Å². The molecule has 0 spiro atoms. The molecule has 2 amide bonds. The zero-order valence-corrected chi connectivity index (χ0v) is 28.2. The fraction of sp³-hybridized carbons (Fsp3) is 0.412. The normalized spacial score (nSPS) is 12.5. The van der Waals surface area contributed by atoms with Crippen LogP contribution in [0.4, 0.5) is 9.59 Å². The lowest BCUT2D eigenvalue weighted by atomic mass is 10.1. The van der Waals surface area contributed by atoms with Gasteiger partial charge in [0.25, 0.3) is 0 Å². The van der Waals surface area contributed by atoms with E-state index in [1.165, 1.54) is 22.7 Å². The first kappa shape index (κ1) is 35.0. The average molecular weight is 665 g/mol. The summed E-state index contributed by atoms with van der Waals surface area (Å²) >= 11 is 2.92. The molecule has 4 aromatic rings. The van der Waals surface area contributed by atoms with Gasteiger partial charge in [0, 0.05) is 50.7 Å². The van der Waals surface area contributed by atoms with Crippen molar-refractivity contribution in [2.45, 2.75) is 52.0 Å². The van der Waals surface area contributed by atoms with Gasteiger partial charge < -0.3 is 29.9 Å². The number of thiazole rings is 2. The number of amides is 2. The third kappa shape index (κ3) is 12.9. The SMILES string of the molecule is CCN(CCN(CC)C[C@H](Cc1ccccc1)NC(=O)OCc1cncs1)C[C@@H](Cc1ccccc1)NC(=O)OCc1cncs1. The van der Waals surface area contributed by atoms with E-state index in [1.54, 1.807) is 23.4 Å². The van der Waals surface area contributed by atoms with Gasteiger partial charge in [-0.3, -0.25) is 9.97 Å². The summed E-state index contributed by atoms with van der Waals surface area (Å²) in [6, 6.07) is 20.1. The van der Waals surface area contributed by atoms with Crippen molar-refractivity contribution in [1.29, 1.82) is 0 Å². The first-order valence-electron chi connectivity index (χ1n) is 15.6. The molecule has 2 aromatic carbocycles. The van der Waals surface area contributed by atoms with E-state index < -0.39 is 12.2 Å². The van der Waals surface area contributed by atoms with Crippen LogP contribution in [0, 0.1) is 0 Å². The summed E-state index contributed by atoms with van der Waals surface area (Å²) in [5.41, 5.74) is 5.75. The summed E-state index contributed by atoms with van der Waals surface area (Å²) in [5.74, 6) is 0. The maximum atomic E-state index is 12.8. The summed E-state index contributed by atoms with van der Waals surface area (Å²) in [6.45, 7) is 9.30. The Morgan fingerprint density at radius 1 is 0.696 bits per heavy atom. The number of likely N-dealkylation sites (N-methyl/N-ethyl adjacent to an activating group) is 2. The molecular formula is C34H44N6O4S2. The van der Waals surface area contributed by atoms with Gasteiger partial charge in [0.15, 0.2) is 0 Å². The minimum Gasteiger partial charge on any atom is -0.444 e. The van der Waals surface area contributed by atoms with Crippen LogP contribution in [-0.4, -0.2) is 83.3 Å². The summed E-state index contributed by atoms with van der Waals surface area (Å²) in [6.07, 6.45) is 3.94. The number of nitrogens with one attached hydrogen (secondary N) is 2. The van der Waals surface area contributed by atoms with E-state index >= 15 is 0 Å². The van der Waals surface area contributed by atoms with E-state index in [4.69, 9.17) is 9.47 Å². The topological polar surface area (TPSA) is 109 Å². The molecule has 0 aliphatic rings. The summed E-state index contributed by atoms with van der Waals surface area (Å²) in [7, 11) is 0. The predicted octanol–water partition coefficient (Wildman–Crippen LogP) is 5.62. The second-order valence-corrected chi connectivity index (χ2v) is 12.9. The Kier molecular flexibility index (Phi) is 14.9. The molecule has 0 fully saturated rings. The zero-order valence-electron chi connectivity index (χ0n) is 26.5. The van der Waals surface area contributed by atoms with Crippen molar-refractivity contribution in [2.75, 3.05) is 39.3 Å². The van der Waals surface area contributed by atoms with Crippen LogP contribution in [0.15, 0.2) is 84.1 Å². The van der Waals surface area contributed by atoms with E-state index in [9.17, 15) is 9.59 Å². The molecule has 0 saturated carbocycles. The lowest BCUT2D eigenvalue weighted by molar-refractivity contribution is 0.127. The Hall–Kier alpha value is -3.84. The summed E-state index contributed by atoms with van der Waals surface area (Å²) < 4.78 is 11.0. The van der Waals surface area contributed by atoms with Crippen LogP contribution in [0.3, 0.4) is 0 Å². The number of hydrogen-bond donors (Lipinski definition) is 2. The minimum absolute atomic E-state index is 0.132. The van der Waals surface area contributed by atoms with Crippen LogP contribution in [0.2, 0.25) is 0 Å². The zero-order chi connectivity index (χ0) is 32.4. The molecule has 2 atom stereocenters. The fourth-order valence-electron chi connectivity index (χ4n) is 5.10. The van der Waals surface area contributed by atoms with Crippen LogP contribution in [-0.2, 0) is 35.5 Å². The number of nitrogens with zero attached hydrogens (tertiary/aromatic N) is 4. The van der Waals surface area contributed by atoms with Gasteiger partial charge in [-0.25, -0.2) is 9.59 Å². The molecule has 2 heterocycles. The Balaban J connectivity index is 1.34. The molecule has 0 saturated heterocycles. The van der Waals surface area contributed by atoms with Gasteiger partial charge in [0.2, 0.25) is 0 Å². The number of benzene rings is 2. The van der Waals surface area contributed by atoms with E-state index in [1.807, 2.05) is 36.4 Å². The molecule has 0 unspecified atom stereocenters. The molecule has 0 radical (unpaired) electrons. The third-order valence-corrected chi connectivity index (χ3v) is 9.04. The minimum atomic E-state index is -0.433. The van der Waals surface area contributed by atoms with Crippen molar-refractivity contribution >= 4 is 34.9 Å². The molecule has 46 heavy (non-hydrogen) atoms. The summed E-state index contributed by atoms with van der Waals surface area (Å²) in [5, 5.41) is 6.20. The highest BCUT2D eigenvalue weighted by atomic mass is 32.1. The molecule has 2 N–H and O–H groups in total. The molecule has 12 heteroatoms. The highest BCUT2D eigenvalue weighted by Crippen LogP contribution is 2.11. The van der Waals surface area contributed by atoms with Gasteiger partial charge in [-0.1, -0.05) is 74.5 Å². The van der Waals surface area contributed by atoms with E-state index in [2.05, 4.69) is 68.5 Å². The number of hydrogen-bond acceptors (Lipinski definition) is 10. The number of aromatic nitrogens is 2. The third-order valence-electron chi connectivity index (χ3n) is 7.54. The van der Waals surface area contributed by atoms with E-state index in [0.29, 0.717) is 25.9 Å². The maximum absolute atomic E-state index is 12.8. The Morgan fingerprint density at radius 2 is 1.11 bits per heavy atom. The Labute approximate surface area is 279 Å². The van der Waals surface area contributed by atoms with Crippen molar-refractivity contribution < 1.29 is 19.1 Å². The monoisotopic (exact) mass is 664 g/mol. The van der Waals surface area contributed by atoms with Crippen molar-refractivity contribution in [3.63, 3.8) is 0 Å². The summed E-state index contributed by atoms with van der Waals surface area (Å²) in [4.78, 5) is 40.1. The Bertz CT molecular complexity index is 1290. The highest BCUT2D eigenvalue weighted by Gasteiger charge is 2.21. The van der Waals surface area contributed by atoms with Gasteiger partial charge in [-0.2, -0.15) is 0 Å². The predicted molar refractivity (Wildman–Crippen MR) is 183 cm³/mol. The Morgan fingerprint density at radius 3 is 1.46 bits per heavy atom. The van der Waals surface area contributed by atoms with Crippen LogP contribution < -0.4 is 10.6 Å². The maximum Gasteiger partial charge on any atom is 0.407 e. The molecule has 246 valence electrons. The van der Waals surface area contributed by atoms with Crippen molar-refractivity contribution in [2.24, 2.45) is 0 Å². The highest BCUT2D eigenvalue weighted by molar-refractivity contribution is 7.09. The van der Waals surface area contributed by atoms with Gasteiger partial charge in [-0.15, -0.1) is 22.7 Å². The van der Waals surface area contributed by atoms with Crippen molar-refractivity contribution in [3.05, 3.63) is 105 Å². The standard InChI is InChI=1S/C34H44N6O4S2/c1-3-39(21-29(17-27-11-7-5-8-12-27)37-33(41)43-23-31-19-35-25-45-31)15-16-40(4-2)22-30(18-28-13-9-6-10-14-28)38-34(42)44-24-32-20-36-26-46-32/h5-14,19-20,25-26,29-30H,3-4,15-18,21-24H2,1-2H3,(H,37,41)(H,38,42)/t29-,30+. The first-order chi connectivity index (χ1) is 22.5. The number of carbonyl (C=O) groups is 2. The number of carbonyl (C=O) groups excluding carboxylic acids is 2.